The maximum Gasteiger partial charge on any atom is 0.326 e. The minimum Gasteiger partial charge on any atom is -0.465 e. The molecule has 0 unspecified atom stereocenters. The van der Waals surface area contributed by atoms with E-state index in [2.05, 4.69) is 4.84 Å². The lowest BCUT2D eigenvalue weighted by molar-refractivity contribution is -0.167. The summed E-state index contributed by atoms with van der Waals surface area (Å²) in [4.78, 5) is 41.4. The van der Waals surface area contributed by atoms with Crippen LogP contribution < -0.4 is 5.90 Å². The van der Waals surface area contributed by atoms with Gasteiger partial charge in [-0.2, -0.15) is 5.90 Å². The van der Waals surface area contributed by atoms with Gasteiger partial charge in [0.1, 0.15) is 6.61 Å². The van der Waals surface area contributed by atoms with Crippen molar-refractivity contribution in [2.24, 2.45) is 11.8 Å². The maximum absolute atomic E-state index is 12.6. The van der Waals surface area contributed by atoms with Crippen LogP contribution in [0.3, 0.4) is 0 Å². The van der Waals surface area contributed by atoms with Crippen molar-refractivity contribution in [3.63, 3.8) is 0 Å². The molecule has 2 N–H and O–H groups in total. The SMILES string of the molecule is CCOC(=O)[C@@H](C(=O)OCc1ccccc1)[C@@H](C(=O)ON)[Si](C)(C)C.Cl. The van der Waals surface area contributed by atoms with Gasteiger partial charge >= 0.3 is 17.9 Å². The summed E-state index contributed by atoms with van der Waals surface area (Å²) in [7, 11) is -2.35. The minimum atomic E-state index is -2.35. The average molecular weight is 404 g/mol. The van der Waals surface area contributed by atoms with E-state index in [1.165, 1.54) is 0 Å². The van der Waals surface area contributed by atoms with Crippen LogP contribution in [0, 0.1) is 5.92 Å². The van der Waals surface area contributed by atoms with Crippen LogP contribution in [0.5, 0.6) is 0 Å². The van der Waals surface area contributed by atoms with Gasteiger partial charge < -0.3 is 14.3 Å². The molecule has 1 rings (SSSR count). The summed E-state index contributed by atoms with van der Waals surface area (Å²) in [5, 5.41) is 0. The van der Waals surface area contributed by atoms with Crippen LogP contribution in [0.15, 0.2) is 30.3 Å². The van der Waals surface area contributed by atoms with Crippen molar-refractivity contribution >= 4 is 38.4 Å². The fraction of sp³-hybridized carbons (Fsp3) is 0.471. The van der Waals surface area contributed by atoms with E-state index in [-0.39, 0.29) is 25.6 Å². The molecule has 0 spiro atoms. The van der Waals surface area contributed by atoms with E-state index in [4.69, 9.17) is 15.4 Å². The van der Waals surface area contributed by atoms with Crippen molar-refractivity contribution < 1.29 is 28.7 Å². The highest BCUT2D eigenvalue weighted by Gasteiger charge is 2.49. The molecule has 0 radical (unpaired) electrons. The number of carbonyl (C=O) groups excluding carboxylic acids is 3. The Bertz CT molecular complexity index is 605. The molecule has 9 heteroatoms. The Balaban J connectivity index is 0.00000625. The summed E-state index contributed by atoms with van der Waals surface area (Å²) >= 11 is 0. The molecule has 0 fully saturated rings. The van der Waals surface area contributed by atoms with Crippen molar-refractivity contribution in [1.29, 1.82) is 0 Å². The van der Waals surface area contributed by atoms with Gasteiger partial charge in [-0.15, -0.1) is 12.4 Å². The Morgan fingerprint density at radius 3 is 2.00 bits per heavy atom. The number of esters is 2. The van der Waals surface area contributed by atoms with E-state index in [1.807, 2.05) is 37.8 Å². The van der Waals surface area contributed by atoms with Gasteiger partial charge in [-0.1, -0.05) is 50.0 Å². The standard InChI is InChI=1S/C17H25NO6Si.ClH/c1-5-22-15(19)13(14(17(21)24-18)25(2,3)4)16(20)23-11-12-9-7-6-8-10-12;/h6-10,13-14H,5,11,18H2,1-4H3;1H/t13-,14-;/m0./s1. The summed E-state index contributed by atoms with van der Waals surface area (Å²) in [5.41, 5.74) is -0.232. The second kappa shape index (κ2) is 10.9. The molecule has 1 aromatic rings. The van der Waals surface area contributed by atoms with Crippen molar-refractivity contribution in [2.75, 3.05) is 6.61 Å². The Morgan fingerprint density at radius 2 is 1.54 bits per heavy atom. The molecule has 0 saturated heterocycles. The molecule has 146 valence electrons. The van der Waals surface area contributed by atoms with Crippen molar-refractivity contribution in [2.45, 2.75) is 38.7 Å². The summed E-state index contributed by atoms with van der Waals surface area (Å²) in [6.07, 6.45) is 0. The van der Waals surface area contributed by atoms with Gasteiger partial charge in [0.25, 0.3) is 0 Å². The van der Waals surface area contributed by atoms with Crippen LogP contribution >= 0.6 is 12.4 Å². The monoisotopic (exact) mass is 403 g/mol. The number of benzene rings is 1. The van der Waals surface area contributed by atoms with E-state index in [1.54, 1.807) is 19.1 Å². The molecule has 0 aliphatic rings. The lowest BCUT2D eigenvalue weighted by atomic mass is 10.1. The molecule has 0 aliphatic carbocycles. The van der Waals surface area contributed by atoms with Crippen molar-refractivity contribution in [1.82, 2.24) is 0 Å². The second-order valence-corrected chi connectivity index (χ2v) is 12.0. The van der Waals surface area contributed by atoms with Crippen LogP contribution in [0.25, 0.3) is 0 Å². The lowest BCUT2D eigenvalue weighted by Crippen LogP contribution is -2.47. The molecule has 2 atom stereocenters. The lowest BCUT2D eigenvalue weighted by Gasteiger charge is -2.30. The highest BCUT2D eigenvalue weighted by molar-refractivity contribution is 6.81. The molecule has 0 bridgehead atoms. The third kappa shape index (κ3) is 6.78. The van der Waals surface area contributed by atoms with Gasteiger partial charge in [0.15, 0.2) is 5.92 Å². The van der Waals surface area contributed by atoms with E-state index in [0.717, 1.165) is 5.56 Å². The molecule has 0 saturated carbocycles. The van der Waals surface area contributed by atoms with E-state index >= 15 is 0 Å². The molecular weight excluding hydrogens is 378 g/mol. The van der Waals surface area contributed by atoms with Gasteiger partial charge in [-0.05, 0) is 12.5 Å². The molecule has 7 nitrogen and oxygen atoms in total. The molecule has 0 amide bonds. The molecular formula is C17H26ClNO6Si. The number of ether oxygens (including phenoxy) is 2. The van der Waals surface area contributed by atoms with Crippen LogP contribution in [0.4, 0.5) is 0 Å². The topological polar surface area (TPSA) is 105 Å². The first-order chi connectivity index (χ1) is 11.7. The number of hydrogen-bond donors (Lipinski definition) is 1. The first kappa shape index (κ1) is 24.1. The highest BCUT2D eigenvalue weighted by atomic mass is 35.5. The highest BCUT2D eigenvalue weighted by Crippen LogP contribution is 2.33. The van der Waals surface area contributed by atoms with E-state index in [9.17, 15) is 14.4 Å². The van der Waals surface area contributed by atoms with Crippen LogP contribution in [0.2, 0.25) is 25.2 Å². The Kier molecular flexibility index (Phi) is 10.1. The predicted octanol–water partition coefficient (Wildman–Crippen LogP) is 2.46. The first-order valence-corrected chi connectivity index (χ1v) is 11.6. The molecule has 0 heterocycles. The number of rotatable bonds is 8. The molecule has 1 aromatic carbocycles. The first-order valence-electron chi connectivity index (χ1n) is 8.00. The van der Waals surface area contributed by atoms with Gasteiger partial charge in [0.05, 0.1) is 20.2 Å². The smallest absolute Gasteiger partial charge is 0.326 e. The fourth-order valence-corrected chi connectivity index (χ4v) is 4.53. The zero-order valence-corrected chi connectivity index (χ0v) is 17.2. The Labute approximate surface area is 160 Å². The Hall–Kier alpha value is -1.90. The van der Waals surface area contributed by atoms with Crippen molar-refractivity contribution in [3.05, 3.63) is 35.9 Å². The summed E-state index contributed by atoms with van der Waals surface area (Å²) in [6, 6.07) is 9.03. The third-order valence-electron chi connectivity index (χ3n) is 3.65. The fourth-order valence-electron chi connectivity index (χ4n) is 2.48. The zero-order chi connectivity index (χ0) is 19.0. The normalized spacial score (nSPS) is 13.0. The number of hydrogen-bond acceptors (Lipinski definition) is 7. The minimum absolute atomic E-state index is 0. The summed E-state index contributed by atoms with van der Waals surface area (Å²) < 4.78 is 10.2. The molecule has 26 heavy (non-hydrogen) atoms. The predicted molar refractivity (Wildman–Crippen MR) is 101 cm³/mol. The summed E-state index contributed by atoms with van der Waals surface area (Å²) in [6.45, 7) is 7.21. The van der Waals surface area contributed by atoms with E-state index < -0.39 is 37.4 Å². The van der Waals surface area contributed by atoms with Crippen LogP contribution in [0.1, 0.15) is 12.5 Å². The number of nitrogens with two attached hydrogens (primary N) is 1. The van der Waals surface area contributed by atoms with Crippen LogP contribution in [-0.2, 0) is 35.3 Å². The number of carbonyl (C=O) groups is 3. The van der Waals surface area contributed by atoms with E-state index in [0.29, 0.717) is 0 Å². The quantitative estimate of drug-likeness (QED) is 0.307. The van der Waals surface area contributed by atoms with Gasteiger partial charge in [0.2, 0.25) is 0 Å². The molecule has 0 aliphatic heterocycles. The third-order valence-corrected chi connectivity index (χ3v) is 6.09. The Morgan fingerprint density at radius 1 is 1.00 bits per heavy atom. The van der Waals surface area contributed by atoms with Gasteiger partial charge in [0, 0.05) is 0 Å². The average Bonchev–Trinajstić information content (AvgIpc) is 2.56. The van der Waals surface area contributed by atoms with Gasteiger partial charge in [-0.3, -0.25) is 14.4 Å². The summed E-state index contributed by atoms with van der Waals surface area (Å²) in [5.74, 6) is 1.18. The largest absolute Gasteiger partial charge is 0.465 e. The van der Waals surface area contributed by atoms with Crippen LogP contribution in [-0.4, -0.2) is 32.6 Å². The second-order valence-electron chi connectivity index (χ2n) is 6.60. The maximum atomic E-state index is 12.6. The molecule has 0 aromatic heterocycles. The zero-order valence-electron chi connectivity index (χ0n) is 15.4. The van der Waals surface area contributed by atoms with Gasteiger partial charge in [-0.25, -0.2) is 0 Å². The number of halogens is 1. The van der Waals surface area contributed by atoms with Crippen molar-refractivity contribution in [3.8, 4) is 0 Å².